The van der Waals surface area contributed by atoms with Crippen molar-refractivity contribution < 1.29 is 4.74 Å². The van der Waals surface area contributed by atoms with Gasteiger partial charge in [-0.1, -0.05) is 13.8 Å². The van der Waals surface area contributed by atoms with Gasteiger partial charge in [-0.05, 0) is 37.9 Å². The van der Waals surface area contributed by atoms with Gasteiger partial charge in [0.05, 0.1) is 18.5 Å². The zero-order valence-electron chi connectivity index (χ0n) is 10.5. The van der Waals surface area contributed by atoms with E-state index < -0.39 is 0 Å². The van der Waals surface area contributed by atoms with Crippen molar-refractivity contribution in [3.8, 4) is 5.75 Å². The number of hydrogen-bond donors (Lipinski definition) is 1. The van der Waals surface area contributed by atoms with E-state index in [1.54, 1.807) is 6.20 Å². The highest BCUT2D eigenvalue weighted by Crippen LogP contribution is 2.10. The predicted molar refractivity (Wildman–Crippen MR) is 66.6 cm³/mol. The quantitative estimate of drug-likeness (QED) is 0.720. The highest BCUT2D eigenvalue weighted by Gasteiger charge is 1.97. The lowest BCUT2D eigenvalue weighted by atomic mass is 10.1. The molecule has 0 saturated carbocycles. The number of nitrogens with zero attached hydrogens (tertiary/aromatic N) is 1. The number of hydrogen-bond acceptors (Lipinski definition) is 3. The summed E-state index contributed by atoms with van der Waals surface area (Å²) in [5.74, 6) is 1.61. The minimum atomic E-state index is 0.750. The van der Waals surface area contributed by atoms with Gasteiger partial charge in [0.15, 0.2) is 0 Å². The summed E-state index contributed by atoms with van der Waals surface area (Å²) < 4.78 is 5.61. The molecular formula is C13H22N2O. The first-order valence-electron chi connectivity index (χ1n) is 5.94. The average Bonchev–Trinajstić information content (AvgIpc) is 2.27. The van der Waals surface area contributed by atoms with Gasteiger partial charge in [-0.2, -0.15) is 0 Å². The molecule has 1 aromatic heterocycles. The zero-order chi connectivity index (χ0) is 11.8. The summed E-state index contributed by atoms with van der Waals surface area (Å²) in [6.45, 7) is 6.04. The Kier molecular flexibility index (Phi) is 5.86. The minimum absolute atomic E-state index is 0.750. The van der Waals surface area contributed by atoms with Crippen molar-refractivity contribution in [3.05, 3.63) is 24.0 Å². The highest BCUT2D eigenvalue weighted by atomic mass is 16.5. The van der Waals surface area contributed by atoms with Crippen molar-refractivity contribution in [3.63, 3.8) is 0 Å². The lowest BCUT2D eigenvalue weighted by Crippen LogP contribution is -2.07. The second kappa shape index (κ2) is 7.23. The summed E-state index contributed by atoms with van der Waals surface area (Å²) in [6, 6.07) is 3.98. The molecule has 0 saturated heterocycles. The van der Waals surface area contributed by atoms with Gasteiger partial charge >= 0.3 is 0 Å². The van der Waals surface area contributed by atoms with Crippen molar-refractivity contribution in [2.75, 3.05) is 13.7 Å². The summed E-state index contributed by atoms with van der Waals surface area (Å²) >= 11 is 0. The molecular weight excluding hydrogens is 200 g/mol. The van der Waals surface area contributed by atoms with Crippen LogP contribution in [0.5, 0.6) is 5.75 Å². The Labute approximate surface area is 98.2 Å². The molecule has 3 heteroatoms. The fourth-order valence-corrected chi connectivity index (χ4v) is 1.46. The molecule has 0 radical (unpaired) electrons. The smallest absolute Gasteiger partial charge is 0.137 e. The third-order valence-electron chi connectivity index (χ3n) is 2.35. The maximum atomic E-state index is 5.61. The van der Waals surface area contributed by atoms with Gasteiger partial charge in [0, 0.05) is 6.54 Å². The molecule has 0 atom stereocenters. The lowest BCUT2D eigenvalue weighted by molar-refractivity contribution is 0.296. The minimum Gasteiger partial charge on any atom is -0.492 e. The second-order valence-electron chi connectivity index (χ2n) is 4.40. The van der Waals surface area contributed by atoms with Crippen molar-refractivity contribution in [1.29, 1.82) is 0 Å². The highest BCUT2D eigenvalue weighted by molar-refractivity contribution is 5.19. The second-order valence-corrected chi connectivity index (χ2v) is 4.40. The maximum absolute atomic E-state index is 5.61. The van der Waals surface area contributed by atoms with E-state index in [9.17, 15) is 0 Å². The molecule has 3 nitrogen and oxygen atoms in total. The van der Waals surface area contributed by atoms with Gasteiger partial charge in [-0.15, -0.1) is 0 Å². The van der Waals surface area contributed by atoms with Crippen LogP contribution in [0.25, 0.3) is 0 Å². The van der Waals surface area contributed by atoms with Gasteiger partial charge in [-0.25, -0.2) is 0 Å². The number of rotatable bonds is 7. The molecule has 0 amide bonds. The molecule has 0 aliphatic heterocycles. The van der Waals surface area contributed by atoms with Crippen molar-refractivity contribution in [2.45, 2.75) is 33.2 Å². The summed E-state index contributed by atoms with van der Waals surface area (Å²) in [4.78, 5) is 4.29. The Balaban J connectivity index is 2.26. The van der Waals surface area contributed by atoms with E-state index >= 15 is 0 Å². The molecule has 0 fully saturated rings. The van der Waals surface area contributed by atoms with Gasteiger partial charge in [0.2, 0.25) is 0 Å². The molecule has 90 valence electrons. The van der Waals surface area contributed by atoms with Crippen LogP contribution in [0.1, 0.15) is 32.4 Å². The first-order valence-corrected chi connectivity index (χ1v) is 5.94. The Morgan fingerprint density at radius 3 is 2.75 bits per heavy atom. The van der Waals surface area contributed by atoms with E-state index in [2.05, 4.69) is 24.1 Å². The van der Waals surface area contributed by atoms with Crippen LogP contribution in [0, 0.1) is 5.92 Å². The summed E-state index contributed by atoms with van der Waals surface area (Å²) in [6.07, 6.45) is 4.11. The molecule has 0 spiro atoms. The Morgan fingerprint density at radius 1 is 1.38 bits per heavy atom. The lowest BCUT2D eigenvalue weighted by Gasteiger charge is -2.07. The summed E-state index contributed by atoms with van der Waals surface area (Å²) in [5, 5.41) is 3.06. The largest absolute Gasteiger partial charge is 0.492 e. The summed E-state index contributed by atoms with van der Waals surface area (Å²) in [5.41, 5.74) is 1.04. The van der Waals surface area contributed by atoms with Crippen LogP contribution in [0.4, 0.5) is 0 Å². The molecule has 0 bridgehead atoms. The van der Waals surface area contributed by atoms with Crippen LogP contribution in [0.15, 0.2) is 18.3 Å². The SMILES string of the molecule is CNCc1ccc(OCCCC(C)C)cn1. The van der Waals surface area contributed by atoms with Crippen LogP contribution in [0.3, 0.4) is 0 Å². The normalized spacial score (nSPS) is 10.8. The molecule has 0 aliphatic rings. The van der Waals surface area contributed by atoms with Crippen LogP contribution in [0.2, 0.25) is 0 Å². The van der Waals surface area contributed by atoms with E-state index in [0.29, 0.717) is 0 Å². The van der Waals surface area contributed by atoms with Crippen LogP contribution >= 0.6 is 0 Å². The van der Waals surface area contributed by atoms with Gasteiger partial charge in [-0.3, -0.25) is 4.98 Å². The van der Waals surface area contributed by atoms with E-state index in [0.717, 1.165) is 36.9 Å². The molecule has 16 heavy (non-hydrogen) atoms. The van der Waals surface area contributed by atoms with Crippen LogP contribution in [-0.2, 0) is 6.54 Å². The topological polar surface area (TPSA) is 34.1 Å². The Morgan fingerprint density at radius 2 is 2.19 bits per heavy atom. The first kappa shape index (κ1) is 13.0. The van der Waals surface area contributed by atoms with Crippen molar-refractivity contribution in [2.24, 2.45) is 5.92 Å². The molecule has 0 unspecified atom stereocenters. The Hall–Kier alpha value is -1.09. The molecule has 1 aromatic rings. The average molecular weight is 222 g/mol. The molecule has 1 heterocycles. The van der Waals surface area contributed by atoms with Gasteiger partial charge < -0.3 is 10.1 Å². The maximum Gasteiger partial charge on any atom is 0.137 e. The van der Waals surface area contributed by atoms with Crippen LogP contribution < -0.4 is 10.1 Å². The fraction of sp³-hybridized carbons (Fsp3) is 0.615. The zero-order valence-corrected chi connectivity index (χ0v) is 10.5. The fourth-order valence-electron chi connectivity index (χ4n) is 1.46. The van der Waals surface area contributed by atoms with E-state index in [-0.39, 0.29) is 0 Å². The van der Waals surface area contributed by atoms with Gasteiger partial charge in [0.1, 0.15) is 5.75 Å². The van der Waals surface area contributed by atoms with Crippen LogP contribution in [-0.4, -0.2) is 18.6 Å². The number of ether oxygens (including phenoxy) is 1. The standard InChI is InChI=1S/C13H22N2O/c1-11(2)5-4-8-16-13-7-6-12(9-14-3)15-10-13/h6-7,10-11,14H,4-5,8-9H2,1-3H3. The molecule has 0 aromatic carbocycles. The third-order valence-corrected chi connectivity index (χ3v) is 2.35. The van der Waals surface area contributed by atoms with Crippen molar-refractivity contribution >= 4 is 0 Å². The number of pyridine rings is 1. The van der Waals surface area contributed by atoms with E-state index in [4.69, 9.17) is 4.74 Å². The van der Waals surface area contributed by atoms with E-state index in [1.807, 2.05) is 19.2 Å². The predicted octanol–water partition coefficient (Wildman–Crippen LogP) is 2.62. The number of aromatic nitrogens is 1. The Bertz CT molecular complexity index is 282. The molecule has 0 aliphatic carbocycles. The van der Waals surface area contributed by atoms with Gasteiger partial charge in [0.25, 0.3) is 0 Å². The monoisotopic (exact) mass is 222 g/mol. The van der Waals surface area contributed by atoms with E-state index in [1.165, 1.54) is 6.42 Å². The van der Waals surface area contributed by atoms with Crippen molar-refractivity contribution in [1.82, 2.24) is 10.3 Å². The number of nitrogens with one attached hydrogen (secondary N) is 1. The summed E-state index contributed by atoms with van der Waals surface area (Å²) in [7, 11) is 1.91. The molecule has 1 rings (SSSR count). The first-order chi connectivity index (χ1) is 7.72. The molecule has 1 N–H and O–H groups in total. The third kappa shape index (κ3) is 5.12.